The van der Waals surface area contributed by atoms with Gasteiger partial charge in [-0.25, -0.2) is 0 Å². The summed E-state index contributed by atoms with van der Waals surface area (Å²) in [4.78, 5) is 11.2. The molecule has 0 heterocycles. The number of rotatable bonds is 6. The summed E-state index contributed by atoms with van der Waals surface area (Å²) in [5.41, 5.74) is -0.358. The van der Waals surface area contributed by atoms with Crippen molar-refractivity contribution in [3.63, 3.8) is 0 Å². The number of aliphatic hydroxyl groups excluding tert-OH is 1. The molecule has 0 radical (unpaired) electrons. The molecule has 0 saturated heterocycles. The predicted molar refractivity (Wildman–Crippen MR) is 50.4 cm³/mol. The molecule has 0 unspecified atom stereocenters. The maximum atomic E-state index is 11.2. The van der Waals surface area contributed by atoms with E-state index in [1.807, 2.05) is 20.8 Å². The third kappa shape index (κ3) is 6.54. The Kier molecular flexibility index (Phi) is 5.66. The topological polar surface area (TPSA) is 58.6 Å². The number of aliphatic hydroxyl groups is 1. The van der Waals surface area contributed by atoms with Gasteiger partial charge in [-0.05, 0) is 27.2 Å². The van der Waals surface area contributed by atoms with Crippen molar-refractivity contribution in [1.29, 1.82) is 0 Å². The molecule has 0 aliphatic carbocycles. The Morgan fingerprint density at radius 2 is 2.15 bits per heavy atom. The third-order valence-corrected chi connectivity index (χ3v) is 1.65. The lowest BCUT2D eigenvalue weighted by Crippen LogP contribution is -2.45. The van der Waals surface area contributed by atoms with Crippen LogP contribution in [0, 0.1) is 0 Å². The van der Waals surface area contributed by atoms with Crippen LogP contribution in [0.15, 0.2) is 0 Å². The van der Waals surface area contributed by atoms with Crippen molar-refractivity contribution in [2.45, 2.75) is 32.7 Å². The van der Waals surface area contributed by atoms with Gasteiger partial charge in [0, 0.05) is 18.8 Å². The highest BCUT2D eigenvalue weighted by atomic mass is 16.5. The van der Waals surface area contributed by atoms with E-state index in [0.29, 0.717) is 13.0 Å². The van der Waals surface area contributed by atoms with E-state index in [9.17, 15) is 4.79 Å². The van der Waals surface area contributed by atoms with Crippen molar-refractivity contribution in [1.82, 2.24) is 5.32 Å². The van der Waals surface area contributed by atoms with Gasteiger partial charge in [0.1, 0.15) is 6.61 Å². The van der Waals surface area contributed by atoms with E-state index >= 15 is 0 Å². The zero-order chi connectivity index (χ0) is 10.3. The smallest absolute Gasteiger partial charge is 0.246 e. The van der Waals surface area contributed by atoms with Crippen molar-refractivity contribution in [3.05, 3.63) is 0 Å². The molecule has 0 spiro atoms. The minimum atomic E-state index is -0.358. The molecule has 1 amide bonds. The second-order valence-corrected chi connectivity index (χ2v) is 3.54. The highest BCUT2D eigenvalue weighted by Crippen LogP contribution is 2.06. The Hall–Kier alpha value is -0.610. The van der Waals surface area contributed by atoms with Crippen molar-refractivity contribution < 1.29 is 14.6 Å². The molecule has 0 atom stereocenters. The van der Waals surface area contributed by atoms with Crippen LogP contribution < -0.4 is 5.32 Å². The molecule has 2 N–H and O–H groups in total. The van der Waals surface area contributed by atoms with Gasteiger partial charge in [-0.1, -0.05) is 0 Å². The Bertz CT molecular complexity index is 157. The van der Waals surface area contributed by atoms with Gasteiger partial charge in [-0.15, -0.1) is 0 Å². The van der Waals surface area contributed by atoms with Crippen molar-refractivity contribution >= 4 is 5.91 Å². The molecule has 0 aromatic rings. The fourth-order valence-electron chi connectivity index (χ4n) is 0.950. The summed E-state index contributed by atoms with van der Waals surface area (Å²) >= 11 is 0. The van der Waals surface area contributed by atoms with Gasteiger partial charge in [-0.2, -0.15) is 0 Å². The molecule has 0 aromatic heterocycles. The maximum Gasteiger partial charge on any atom is 0.246 e. The largest absolute Gasteiger partial charge is 0.396 e. The number of carbonyl (C=O) groups is 1. The van der Waals surface area contributed by atoms with Crippen LogP contribution in [-0.4, -0.2) is 36.4 Å². The van der Waals surface area contributed by atoms with E-state index in [0.717, 1.165) is 0 Å². The van der Waals surface area contributed by atoms with Gasteiger partial charge < -0.3 is 15.2 Å². The van der Waals surface area contributed by atoms with E-state index in [1.54, 1.807) is 0 Å². The van der Waals surface area contributed by atoms with Crippen molar-refractivity contribution in [3.8, 4) is 0 Å². The molecule has 0 rings (SSSR count). The number of hydrogen-bond donors (Lipinski definition) is 2. The number of ether oxygens (including phenoxy) is 1. The number of amides is 1. The fourth-order valence-corrected chi connectivity index (χ4v) is 0.950. The summed E-state index contributed by atoms with van der Waals surface area (Å²) < 4.78 is 4.94. The first-order valence-corrected chi connectivity index (χ1v) is 4.51. The molecular formula is C9H19NO3. The average molecular weight is 189 g/mol. The number of nitrogens with one attached hydrogen (secondary N) is 1. The molecule has 13 heavy (non-hydrogen) atoms. The van der Waals surface area contributed by atoms with Crippen LogP contribution in [0.3, 0.4) is 0 Å². The standard InChI is InChI=1S/C9H19NO3/c1-4-13-7-8(12)10-9(2,3)5-6-11/h11H,4-7H2,1-3H3,(H,10,12). The zero-order valence-electron chi connectivity index (χ0n) is 8.59. The minimum Gasteiger partial charge on any atom is -0.396 e. The molecule has 0 saturated carbocycles. The van der Waals surface area contributed by atoms with E-state index in [1.165, 1.54) is 0 Å². The molecule has 78 valence electrons. The molecule has 0 aromatic carbocycles. The predicted octanol–water partition coefficient (Wildman–Crippen LogP) is 0.300. The van der Waals surface area contributed by atoms with E-state index in [4.69, 9.17) is 9.84 Å². The fraction of sp³-hybridized carbons (Fsp3) is 0.889. The molecule has 0 bridgehead atoms. The molecule has 0 aliphatic rings. The van der Waals surface area contributed by atoms with E-state index < -0.39 is 0 Å². The second-order valence-electron chi connectivity index (χ2n) is 3.54. The third-order valence-electron chi connectivity index (χ3n) is 1.65. The Morgan fingerprint density at radius 1 is 1.54 bits per heavy atom. The molecular weight excluding hydrogens is 170 g/mol. The summed E-state index contributed by atoms with van der Waals surface area (Å²) in [7, 11) is 0. The zero-order valence-corrected chi connectivity index (χ0v) is 8.59. The summed E-state index contributed by atoms with van der Waals surface area (Å²) in [6.45, 7) is 6.27. The van der Waals surface area contributed by atoms with Crippen LogP contribution in [0.25, 0.3) is 0 Å². The first kappa shape index (κ1) is 12.4. The van der Waals surface area contributed by atoms with Gasteiger partial charge >= 0.3 is 0 Å². The first-order valence-electron chi connectivity index (χ1n) is 4.51. The van der Waals surface area contributed by atoms with Crippen molar-refractivity contribution in [2.24, 2.45) is 0 Å². The summed E-state index contributed by atoms with van der Waals surface area (Å²) in [5, 5.41) is 11.5. The summed E-state index contributed by atoms with van der Waals surface area (Å²) in [5.74, 6) is -0.139. The Balaban J connectivity index is 3.75. The van der Waals surface area contributed by atoms with Crippen LogP contribution in [-0.2, 0) is 9.53 Å². The van der Waals surface area contributed by atoms with Crippen molar-refractivity contribution in [2.75, 3.05) is 19.8 Å². The van der Waals surface area contributed by atoms with Crippen LogP contribution in [0.4, 0.5) is 0 Å². The lowest BCUT2D eigenvalue weighted by Gasteiger charge is -2.25. The quantitative estimate of drug-likeness (QED) is 0.632. The van der Waals surface area contributed by atoms with Crippen LogP contribution in [0.1, 0.15) is 27.2 Å². The van der Waals surface area contributed by atoms with Crippen LogP contribution >= 0.6 is 0 Å². The van der Waals surface area contributed by atoms with Gasteiger partial charge in [0.25, 0.3) is 0 Å². The monoisotopic (exact) mass is 189 g/mol. The highest BCUT2D eigenvalue weighted by Gasteiger charge is 2.19. The number of carbonyl (C=O) groups excluding carboxylic acids is 1. The molecule has 4 nitrogen and oxygen atoms in total. The molecule has 0 fully saturated rings. The highest BCUT2D eigenvalue weighted by molar-refractivity contribution is 5.77. The minimum absolute atomic E-state index is 0.0713. The van der Waals surface area contributed by atoms with Gasteiger partial charge in [0.15, 0.2) is 0 Å². The normalized spacial score (nSPS) is 11.4. The average Bonchev–Trinajstić information content (AvgIpc) is 1.99. The van der Waals surface area contributed by atoms with Gasteiger partial charge in [0.2, 0.25) is 5.91 Å². The van der Waals surface area contributed by atoms with Gasteiger partial charge in [0.05, 0.1) is 0 Å². The molecule has 0 aliphatic heterocycles. The molecule has 4 heteroatoms. The Labute approximate surface area is 79.3 Å². The lowest BCUT2D eigenvalue weighted by atomic mass is 10.0. The maximum absolute atomic E-state index is 11.2. The van der Waals surface area contributed by atoms with Crippen LogP contribution in [0.2, 0.25) is 0 Å². The second kappa shape index (κ2) is 5.94. The number of hydrogen-bond acceptors (Lipinski definition) is 3. The summed E-state index contributed by atoms with van der Waals surface area (Å²) in [6.07, 6.45) is 0.546. The SMILES string of the molecule is CCOCC(=O)NC(C)(C)CCO. The summed E-state index contributed by atoms with van der Waals surface area (Å²) in [6, 6.07) is 0. The first-order chi connectivity index (χ1) is 6.02. The lowest BCUT2D eigenvalue weighted by molar-refractivity contribution is -0.127. The van der Waals surface area contributed by atoms with E-state index in [2.05, 4.69) is 5.32 Å². The van der Waals surface area contributed by atoms with E-state index in [-0.39, 0.29) is 24.7 Å². The Morgan fingerprint density at radius 3 is 2.62 bits per heavy atom. The van der Waals surface area contributed by atoms with Crippen LogP contribution in [0.5, 0.6) is 0 Å². The van der Waals surface area contributed by atoms with Gasteiger partial charge in [-0.3, -0.25) is 4.79 Å².